The Labute approximate surface area is 387 Å². The number of aromatic amines is 1. The van der Waals surface area contributed by atoms with Crippen LogP contribution >= 0.6 is 0 Å². The quantitative estimate of drug-likeness (QED) is 0.0260. The van der Waals surface area contributed by atoms with Crippen LogP contribution in [0.25, 0.3) is 11.0 Å². The van der Waals surface area contributed by atoms with E-state index in [-0.39, 0.29) is 68.0 Å². The lowest BCUT2D eigenvalue weighted by Gasteiger charge is -2.28. The van der Waals surface area contributed by atoms with Crippen LogP contribution in [0.3, 0.4) is 0 Å². The van der Waals surface area contributed by atoms with Crippen LogP contribution in [0.15, 0.2) is 54.6 Å². The first kappa shape index (κ1) is 49.6. The normalized spacial score (nSPS) is 18.7. The zero-order valence-corrected chi connectivity index (χ0v) is 36.9. The van der Waals surface area contributed by atoms with E-state index in [9.17, 15) is 47.8 Å². The van der Waals surface area contributed by atoms with Crippen molar-refractivity contribution in [3.05, 3.63) is 88.7 Å². The van der Waals surface area contributed by atoms with Crippen molar-refractivity contribution in [2.24, 2.45) is 0 Å². The van der Waals surface area contributed by atoms with Gasteiger partial charge in [0.2, 0.25) is 11.8 Å². The maximum Gasteiger partial charge on any atom is 0.287 e. The number of aliphatic hydroxyl groups is 2. The molecule has 2 saturated heterocycles. The molecule has 23 heteroatoms. The molecule has 3 aromatic carbocycles. The van der Waals surface area contributed by atoms with Gasteiger partial charge in [0.15, 0.2) is 11.4 Å². The van der Waals surface area contributed by atoms with E-state index in [1.54, 1.807) is 30.3 Å². The predicted molar refractivity (Wildman–Crippen MR) is 235 cm³/mol. The van der Waals surface area contributed by atoms with E-state index < -0.39 is 64.9 Å². The minimum absolute atomic E-state index is 0.0399. The summed E-state index contributed by atoms with van der Waals surface area (Å²) in [5.41, 5.74) is 0.122. The van der Waals surface area contributed by atoms with E-state index in [1.807, 2.05) is 0 Å². The molecule has 0 radical (unpaired) electrons. The molecule has 0 aliphatic carbocycles. The number of piperidine rings is 1. The number of hydrogen-bond acceptors (Lipinski definition) is 16. The van der Waals surface area contributed by atoms with Crippen LogP contribution in [-0.2, 0) is 44.6 Å². The molecule has 0 saturated carbocycles. The fourth-order valence-corrected chi connectivity index (χ4v) is 7.82. The molecule has 0 spiro atoms. The SMILES string of the molecule is O=C1CCC(N2C(=O)c3cccc(NCCOCCOCCOCCOCCOCCNC(=O)c4nc5ccc(N6CCC(O)(C(O)NCc7cc(F)cc(F)c7)C6=O)cc5[nH]4)c3C2=O)C(=O)N1. The minimum atomic E-state index is -2.19. The molecular formula is C45H52F2N8O13. The number of carbonyl (C=O) groups excluding carboxylic acids is 6. The first-order chi connectivity index (χ1) is 32.8. The second kappa shape index (κ2) is 23.1. The molecule has 7 N–H and O–H groups in total. The second-order valence-corrected chi connectivity index (χ2v) is 15.9. The number of amides is 6. The van der Waals surface area contributed by atoms with Crippen molar-refractivity contribution in [2.75, 3.05) is 95.9 Å². The average Bonchev–Trinajstić information content (AvgIpc) is 3.96. The number of fused-ring (bicyclic) bond motifs is 2. The summed E-state index contributed by atoms with van der Waals surface area (Å²) < 4.78 is 54.8. The topological polar surface area (TPSA) is 272 Å². The highest BCUT2D eigenvalue weighted by molar-refractivity contribution is 6.25. The number of nitrogens with zero attached hydrogens (tertiary/aromatic N) is 3. The molecule has 4 heterocycles. The highest BCUT2D eigenvalue weighted by Gasteiger charge is 2.51. The second-order valence-electron chi connectivity index (χ2n) is 15.9. The summed E-state index contributed by atoms with van der Waals surface area (Å²) in [4.78, 5) is 85.6. The molecule has 6 amide bonds. The van der Waals surface area contributed by atoms with E-state index >= 15 is 0 Å². The van der Waals surface area contributed by atoms with E-state index in [0.29, 0.717) is 94.5 Å². The van der Waals surface area contributed by atoms with E-state index in [1.165, 1.54) is 11.0 Å². The monoisotopic (exact) mass is 950 g/mol. The molecule has 3 atom stereocenters. The number of halogens is 2. The number of H-pyrrole nitrogens is 1. The molecular weight excluding hydrogens is 899 g/mol. The van der Waals surface area contributed by atoms with Gasteiger partial charge in [0.05, 0.1) is 88.2 Å². The maximum atomic E-state index is 13.6. The summed E-state index contributed by atoms with van der Waals surface area (Å²) in [5, 5.41) is 32.3. The number of hydrogen-bond donors (Lipinski definition) is 7. The van der Waals surface area contributed by atoms with Crippen molar-refractivity contribution in [3.8, 4) is 0 Å². The van der Waals surface area contributed by atoms with Crippen LogP contribution in [0.4, 0.5) is 20.2 Å². The first-order valence-corrected chi connectivity index (χ1v) is 22.0. The van der Waals surface area contributed by atoms with Crippen molar-refractivity contribution in [1.82, 2.24) is 30.8 Å². The predicted octanol–water partition coefficient (Wildman–Crippen LogP) is 0.743. The molecule has 2 fully saturated rings. The van der Waals surface area contributed by atoms with Gasteiger partial charge >= 0.3 is 0 Å². The van der Waals surface area contributed by atoms with E-state index in [4.69, 9.17) is 23.7 Å². The third-order valence-corrected chi connectivity index (χ3v) is 11.2. The van der Waals surface area contributed by atoms with Gasteiger partial charge in [-0.2, -0.15) is 0 Å². The van der Waals surface area contributed by atoms with Crippen LogP contribution in [0.1, 0.15) is 56.2 Å². The molecule has 21 nitrogen and oxygen atoms in total. The lowest BCUT2D eigenvalue weighted by molar-refractivity contribution is -0.148. The Morgan fingerprint density at radius 3 is 2.15 bits per heavy atom. The summed E-state index contributed by atoms with van der Waals surface area (Å²) in [6.45, 7) is 3.61. The summed E-state index contributed by atoms with van der Waals surface area (Å²) >= 11 is 0. The van der Waals surface area contributed by atoms with E-state index in [0.717, 1.165) is 17.0 Å². The Morgan fingerprint density at radius 2 is 1.49 bits per heavy atom. The zero-order chi connectivity index (χ0) is 48.2. The van der Waals surface area contributed by atoms with Gasteiger partial charge < -0.3 is 54.4 Å². The molecule has 3 aliphatic heterocycles. The van der Waals surface area contributed by atoms with Crippen LogP contribution in [-0.4, -0.2) is 164 Å². The minimum Gasteiger partial charge on any atom is -0.382 e. The number of nitrogens with one attached hydrogen (secondary N) is 5. The maximum absolute atomic E-state index is 13.6. The molecule has 1 aromatic heterocycles. The molecule has 68 heavy (non-hydrogen) atoms. The Balaban J connectivity index is 0.683. The number of ether oxygens (including phenoxy) is 5. The Kier molecular flexibility index (Phi) is 16.9. The van der Waals surface area contributed by atoms with Gasteiger partial charge in [-0.1, -0.05) is 6.07 Å². The number of anilines is 2. The van der Waals surface area contributed by atoms with Crippen LogP contribution in [0.5, 0.6) is 0 Å². The van der Waals surface area contributed by atoms with Crippen molar-refractivity contribution in [3.63, 3.8) is 0 Å². The third kappa shape index (κ3) is 12.0. The van der Waals surface area contributed by atoms with Crippen molar-refractivity contribution < 1.29 is 71.4 Å². The lowest BCUT2D eigenvalue weighted by Crippen LogP contribution is -2.55. The molecule has 0 bridgehead atoms. The third-order valence-electron chi connectivity index (χ3n) is 11.2. The highest BCUT2D eigenvalue weighted by atomic mass is 19.1. The largest absolute Gasteiger partial charge is 0.382 e. The fraction of sp³-hybridized carbons (Fsp3) is 0.444. The van der Waals surface area contributed by atoms with Gasteiger partial charge in [0.1, 0.15) is 23.9 Å². The molecule has 3 aliphatic rings. The number of carbonyl (C=O) groups is 6. The van der Waals surface area contributed by atoms with Gasteiger partial charge in [-0.3, -0.25) is 44.3 Å². The van der Waals surface area contributed by atoms with Crippen LogP contribution in [0.2, 0.25) is 0 Å². The molecule has 3 unspecified atom stereocenters. The number of rotatable bonds is 26. The number of aromatic nitrogens is 2. The number of aliphatic hydroxyl groups excluding tert-OH is 1. The van der Waals surface area contributed by atoms with Gasteiger partial charge in [-0.05, 0) is 54.4 Å². The Morgan fingerprint density at radius 1 is 0.838 bits per heavy atom. The van der Waals surface area contributed by atoms with Crippen molar-refractivity contribution >= 4 is 57.9 Å². The van der Waals surface area contributed by atoms with E-state index in [2.05, 4.69) is 31.2 Å². The van der Waals surface area contributed by atoms with Crippen LogP contribution < -0.4 is 26.2 Å². The van der Waals surface area contributed by atoms with Crippen LogP contribution in [0, 0.1) is 11.6 Å². The Bertz CT molecular complexity index is 2470. The van der Waals surface area contributed by atoms with Gasteiger partial charge in [0, 0.05) is 56.5 Å². The summed E-state index contributed by atoms with van der Waals surface area (Å²) in [7, 11) is 0. The number of imide groups is 2. The smallest absolute Gasteiger partial charge is 0.287 e. The Hall–Kier alpha value is -6.31. The lowest BCUT2D eigenvalue weighted by atomic mass is 10.00. The highest BCUT2D eigenvalue weighted by Crippen LogP contribution is 2.33. The molecule has 4 aromatic rings. The van der Waals surface area contributed by atoms with Gasteiger partial charge in [0.25, 0.3) is 23.6 Å². The van der Waals surface area contributed by atoms with Crippen molar-refractivity contribution in [1.29, 1.82) is 0 Å². The van der Waals surface area contributed by atoms with Crippen molar-refractivity contribution in [2.45, 2.75) is 43.7 Å². The molecule has 364 valence electrons. The number of benzene rings is 3. The fourth-order valence-electron chi connectivity index (χ4n) is 7.82. The summed E-state index contributed by atoms with van der Waals surface area (Å²) in [6.07, 6.45) is -1.72. The average molecular weight is 951 g/mol. The zero-order valence-electron chi connectivity index (χ0n) is 36.9. The standard InChI is InChI=1S/C45H52F2N8O13/c46-28-22-27(23-29(47)24-28)26-50-43(61)45(63)8-11-54(44(45)62)30-4-5-32-34(25-30)52-38(51-32)40(58)49-10-13-65-15-17-67-19-21-68-20-18-66-16-14-64-12-9-48-33-3-1-2-31-37(33)42(60)55(41(31)59)35-6-7-36(56)53-39(35)57/h1-5,22-25,35,43,48,50,61,63H,6-21,26H2,(H,49,58)(H,51,52)(H,53,56,57). The van der Waals surface area contributed by atoms with Gasteiger partial charge in [-0.15, -0.1) is 0 Å². The summed E-state index contributed by atoms with van der Waals surface area (Å²) in [6, 6.07) is 11.5. The molecule has 7 rings (SSSR count). The number of imidazole rings is 1. The van der Waals surface area contributed by atoms with Gasteiger partial charge in [-0.25, -0.2) is 13.8 Å². The first-order valence-electron chi connectivity index (χ1n) is 22.0. The summed E-state index contributed by atoms with van der Waals surface area (Å²) in [5.74, 6) is -5.06.